The summed E-state index contributed by atoms with van der Waals surface area (Å²) < 4.78 is 0. The highest BCUT2D eigenvalue weighted by molar-refractivity contribution is 6.48. The minimum Gasteiger partial charge on any atom is -0.477 e. The van der Waals surface area contributed by atoms with Gasteiger partial charge in [-0.25, -0.2) is 4.79 Å². The topological polar surface area (TPSA) is 93.5 Å². The van der Waals surface area contributed by atoms with Crippen LogP contribution in [-0.4, -0.2) is 29.2 Å². The lowest BCUT2D eigenvalue weighted by Gasteiger charge is -2.25. The molecule has 0 unspecified atom stereocenters. The van der Waals surface area contributed by atoms with E-state index in [1.165, 1.54) is 28.6 Å². The number of aliphatic carboxylic acids is 1. The Morgan fingerprint density at radius 3 is 2.47 bits per heavy atom. The number of carbonyl (C=O) groups is 2. The van der Waals surface area contributed by atoms with Crippen molar-refractivity contribution in [1.82, 2.24) is 0 Å². The third kappa shape index (κ3) is 5.96. The Kier molecular flexibility index (Phi) is 7.75. The summed E-state index contributed by atoms with van der Waals surface area (Å²) >= 11 is 0. The van der Waals surface area contributed by atoms with Crippen LogP contribution >= 0.6 is 0 Å². The van der Waals surface area contributed by atoms with Crippen LogP contribution in [0.3, 0.4) is 0 Å². The summed E-state index contributed by atoms with van der Waals surface area (Å²) in [6.45, 7) is 3.05. The molecule has 0 atom stereocenters. The number of carboxylic acids is 1. The van der Waals surface area contributed by atoms with Gasteiger partial charge in [0.15, 0.2) is 5.71 Å². The highest BCUT2D eigenvalue weighted by Gasteiger charge is 2.20. The molecule has 4 rings (SSSR count). The van der Waals surface area contributed by atoms with Crippen LogP contribution in [0.25, 0.3) is 6.08 Å². The maximum atomic E-state index is 12.7. The number of allylic oxidation sites excluding steroid dienone is 2. The van der Waals surface area contributed by atoms with Gasteiger partial charge in [-0.05, 0) is 79.8 Å². The molecule has 1 amide bonds. The first-order chi connectivity index (χ1) is 17.4. The van der Waals surface area contributed by atoms with E-state index in [1.807, 2.05) is 18.2 Å². The van der Waals surface area contributed by atoms with Crippen molar-refractivity contribution in [2.24, 2.45) is 0 Å². The van der Waals surface area contributed by atoms with Gasteiger partial charge >= 0.3 is 5.97 Å². The van der Waals surface area contributed by atoms with Gasteiger partial charge in [-0.3, -0.25) is 10.2 Å². The van der Waals surface area contributed by atoms with Crippen molar-refractivity contribution in [1.29, 1.82) is 5.41 Å². The number of rotatable bonds is 7. The van der Waals surface area contributed by atoms with E-state index in [4.69, 9.17) is 5.41 Å². The van der Waals surface area contributed by atoms with Gasteiger partial charge in [0.1, 0.15) is 0 Å². The minimum absolute atomic E-state index is 0.220. The molecule has 0 bridgehead atoms. The number of carbonyl (C=O) groups excluding carboxylic acids is 1. The zero-order valence-corrected chi connectivity index (χ0v) is 20.2. The molecule has 0 aromatic heterocycles. The largest absolute Gasteiger partial charge is 0.477 e. The van der Waals surface area contributed by atoms with Gasteiger partial charge < -0.3 is 15.3 Å². The molecule has 6 heteroatoms. The van der Waals surface area contributed by atoms with Crippen molar-refractivity contribution in [3.05, 3.63) is 107 Å². The lowest BCUT2D eigenvalue weighted by atomic mass is 10.0. The molecule has 6 nitrogen and oxygen atoms in total. The van der Waals surface area contributed by atoms with Gasteiger partial charge in [0.05, 0.1) is 5.57 Å². The van der Waals surface area contributed by atoms with E-state index >= 15 is 0 Å². The quantitative estimate of drug-likeness (QED) is 0.215. The summed E-state index contributed by atoms with van der Waals surface area (Å²) in [5.74, 6) is -2.10. The molecule has 36 heavy (non-hydrogen) atoms. The third-order valence-electron chi connectivity index (χ3n) is 6.13. The fourth-order valence-electron chi connectivity index (χ4n) is 4.23. The van der Waals surface area contributed by atoms with Gasteiger partial charge in [0.2, 0.25) is 0 Å². The molecule has 1 heterocycles. The van der Waals surface area contributed by atoms with Crippen molar-refractivity contribution < 1.29 is 14.7 Å². The van der Waals surface area contributed by atoms with E-state index in [0.717, 1.165) is 31.4 Å². The number of para-hydroxylation sites is 1. The summed E-state index contributed by atoms with van der Waals surface area (Å²) in [6, 6.07) is 23.6. The lowest BCUT2D eigenvalue weighted by molar-refractivity contribution is -0.129. The van der Waals surface area contributed by atoms with Gasteiger partial charge in [0, 0.05) is 23.6 Å². The lowest BCUT2D eigenvalue weighted by Crippen LogP contribution is -2.25. The molecule has 182 valence electrons. The van der Waals surface area contributed by atoms with E-state index < -0.39 is 17.6 Å². The van der Waals surface area contributed by atoms with E-state index in [1.54, 1.807) is 30.3 Å². The fourth-order valence-corrected chi connectivity index (χ4v) is 4.23. The van der Waals surface area contributed by atoms with Gasteiger partial charge in [-0.15, -0.1) is 0 Å². The average molecular weight is 480 g/mol. The van der Waals surface area contributed by atoms with Crippen molar-refractivity contribution in [2.75, 3.05) is 16.8 Å². The summed E-state index contributed by atoms with van der Waals surface area (Å²) in [4.78, 5) is 26.5. The second-order valence-corrected chi connectivity index (χ2v) is 8.77. The zero-order valence-electron chi connectivity index (χ0n) is 20.2. The number of fused-ring (bicyclic) bond motifs is 1. The van der Waals surface area contributed by atoms with Crippen molar-refractivity contribution in [3.63, 3.8) is 0 Å². The molecule has 0 spiro atoms. The number of amides is 1. The first kappa shape index (κ1) is 24.7. The number of anilines is 3. The molecular formula is C30H29N3O3. The van der Waals surface area contributed by atoms with E-state index in [-0.39, 0.29) is 5.57 Å². The predicted molar refractivity (Wildman–Crippen MR) is 145 cm³/mol. The van der Waals surface area contributed by atoms with Crippen LogP contribution in [0.2, 0.25) is 0 Å². The maximum Gasteiger partial charge on any atom is 0.354 e. The minimum atomic E-state index is -1.46. The van der Waals surface area contributed by atoms with E-state index in [0.29, 0.717) is 5.69 Å². The SMILES string of the molecule is Cc1ccc(N2CCCCc3cc(/C=C/C=C(/C(=N)C(=O)O)C(=O)Nc4ccccc4)ccc32)cc1. The second-order valence-electron chi connectivity index (χ2n) is 8.77. The van der Waals surface area contributed by atoms with Gasteiger partial charge in [-0.2, -0.15) is 0 Å². The molecule has 1 aliphatic heterocycles. The van der Waals surface area contributed by atoms with Gasteiger partial charge in [0.25, 0.3) is 5.91 Å². The smallest absolute Gasteiger partial charge is 0.354 e. The molecule has 3 N–H and O–H groups in total. The molecule has 3 aromatic rings. The Bertz CT molecular complexity index is 1330. The standard InChI is InChI=1S/C30H29N3O3/c1-21-13-16-25(17-14-21)33-19-6-5-9-23-20-22(15-18-27(23)33)8-7-12-26(28(31)30(35)36)29(34)32-24-10-3-2-4-11-24/h2-4,7-8,10-18,20,31H,5-6,9,19H2,1H3,(H,32,34)(H,35,36)/b8-7+,26-12-,31-28?. The van der Waals surface area contributed by atoms with Gasteiger partial charge in [-0.1, -0.05) is 54.1 Å². The molecule has 0 saturated carbocycles. The second kappa shape index (κ2) is 11.3. The Morgan fingerprint density at radius 1 is 1.00 bits per heavy atom. The summed E-state index contributed by atoms with van der Waals surface area (Å²) in [6.07, 6.45) is 8.00. The van der Waals surface area contributed by atoms with E-state index in [9.17, 15) is 14.7 Å². The Balaban J connectivity index is 1.58. The summed E-state index contributed by atoms with van der Waals surface area (Å²) in [5, 5.41) is 19.8. The van der Waals surface area contributed by atoms with Crippen LogP contribution in [0.1, 0.15) is 29.5 Å². The van der Waals surface area contributed by atoms with E-state index in [2.05, 4.69) is 53.5 Å². The van der Waals surface area contributed by atoms with Crippen molar-refractivity contribution >= 4 is 40.7 Å². The number of nitrogens with zero attached hydrogens (tertiary/aromatic N) is 1. The van der Waals surface area contributed by atoms with Crippen molar-refractivity contribution in [2.45, 2.75) is 26.2 Å². The van der Waals surface area contributed by atoms with Crippen LogP contribution in [0.15, 0.2) is 90.5 Å². The molecule has 3 aromatic carbocycles. The number of nitrogens with one attached hydrogen (secondary N) is 2. The number of aryl methyl sites for hydroxylation is 2. The predicted octanol–water partition coefficient (Wildman–Crippen LogP) is 6.15. The Morgan fingerprint density at radius 2 is 1.75 bits per heavy atom. The van der Waals surface area contributed by atoms with Crippen LogP contribution < -0.4 is 10.2 Å². The number of hydrogen-bond acceptors (Lipinski definition) is 4. The molecule has 0 fully saturated rings. The Hall–Kier alpha value is -4.45. The summed E-state index contributed by atoms with van der Waals surface area (Å²) in [5.41, 5.74) is 5.34. The zero-order chi connectivity index (χ0) is 25.5. The molecule has 0 radical (unpaired) electrons. The normalized spacial score (nSPS) is 13.7. The molecule has 0 aliphatic carbocycles. The Labute approximate surface area is 211 Å². The van der Waals surface area contributed by atoms with Crippen molar-refractivity contribution in [3.8, 4) is 0 Å². The summed E-state index contributed by atoms with van der Waals surface area (Å²) in [7, 11) is 0. The number of benzene rings is 3. The molecular weight excluding hydrogens is 450 g/mol. The third-order valence-corrected chi connectivity index (χ3v) is 6.13. The first-order valence-electron chi connectivity index (χ1n) is 12.0. The highest BCUT2D eigenvalue weighted by atomic mass is 16.4. The molecule has 1 aliphatic rings. The highest BCUT2D eigenvalue weighted by Crippen LogP contribution is 2.33. The fraction of sp³-hybridized carbons (Fsp3) is 0.167. The van der Waals surface area contributed by atoms with Crippen LogP contribution in [0.5, 0.6) is 0 Å². The average Bonchev–Trinajstić information content (AvgIpc) is 3.09. The number of carboxylic acid groups (broad SMARTS) is 1. The maximum absolute atomic E-state index is 12.7. The first-order valence-corrected chi connectivity index (χ1v) is 12.0. The monoisotopic (exact) mass is 479 g/mol. The molecule has 0 saturated heterocycles. The number of hydrogen-bond donors (Lipinski definition) is 3. The van der Waals surface area contributed by atoms with Crippen LogP contribution in [-0.2, 0) is 16.0 Å². The van der Waals surface area contributed by atoms with Crippen LogP contribution in [0.4, 0.5) is 17.1 Å². The van der Waals surface area contributed by atoms with Crippen LogP contribution in [0, 0.1) is 12.3 Å².